The van der Waals surface area contributed by atoms with Crippen LogP contribution in [0.1, 0.15) is 23.6 Å². The summed E-state index contributed by atoms with van der Waals surface area (Å²) in [7, 11) is 0. The zero-order valence-electron chi connectivity index (χ0n) is 13.7. The van der Waals surface area contributed by atoms with Gasteiger partial charge in [0.05, 0.1) is 13.2 Å². The van der Waals surface area contributed by atoms with Crippen molar-refractivity contribution >= 4 is 11.6 Å². The van der Waals surface area contributed by atoms with Crippen LogP contribution in [0.2, 0.25) is 0 Å². The third-order valence-electron chi connectivity index (χ3n) is 4.94. The molecule has 2 atom stereocenters. The number of benzene rings is 2. The molecule has 0 bridgehead atoms. The van der Waals surface area contributed by atoms with Crippen LogP contribution < -0.4 is 5.32 Å². The highest BCUT2D eigenvalue weighted by molar-refractivity contribution is 5.94. The van der Waals surface area contributed by atoms with Crippen molar-refractivity contribution in [3.63, 3.8) is 0 Å². The first-order chi connectivity index (χ1) is 11.5. The van der Waals surface area contributed by atoms with Crippen LogP contribution in [0, 0.1) is 6.92 Å². The van der Waals surface area contributed by atoms with Crippen LogP contribution in [0.4, 0.5) is 5.69 Å². The van der Waals surface area contributed by atoms with E-state index in [0.717, 1.165) is 16.7 Å². The second kappa shape index (κ2) is 5.33. The van der Waals surface area contributed by atoms with E-state index in [-0.39, 0.29) is 24.2 Å². The van der Waals surface area contributed by atoms with E-state index >= 15 is 0 Å². The number of phenolic OH excluding ortho intramolecular Hbond substituents is 1. The highest BCUT2D eigenvalue weighted by Crippen LogP contribution is 2.48. The molecule has 1 amide bonds. The van der Waals surface area contributed by atoms with E-state index in [1.807, 2.05) is 31.2 Å². The van der Waals surface area contributed by atoms with Crippen molar-refractivity contribution in [3.8, 4) is 5.75 Å². The first-order valence-electron chi connectivity index (χ1n) is 8.12. The maximum absolute atomic E-state index is 12.4. The molecule has 0 radical (unpaired) electrons. The number of carbonyl (C=O) groups is 1. The standard InChI is InChI=1S/C19H20N2O3/c1-12-5-3-4-6-15(12)19-16-9-14(22)7-8-17(16)20-18(23)10-21(19)13(2)11-24-19/h3-9,13,22H,10-11H2,1-2H3,(H,20,23). The molecule has 24 heavy (non-hydrogen) atoms. The van der Waals surface area contributed by atoms with E-state index < -0.39 is 5.72 Å². The van der Waals surface area contributed by atoms with Crippen LogP contribution in [0.5, 0.6) is 5.75 Å². The fraction of sp³-hybridized carbons (Fsp3) is 0.316. The van der Waals surface area contributed by atoms with Gasteiger partial charge in [0, 0.05) is 22.9 Å². The van der Waals surface area contributed by atoms with Crippen molar-refractivity contribution < 1.29 is 14.6 Å². The molecule has 0 aliphatic carbocycles. The Labute approximate surface area is 140 Å². The van der Waals surface area contributed by atoms with Gasteiger partial charge in [0.2, 0.25) is 5.91 Å². The minimum Gasteiger partial charge on any atom is -0.508 e. The van der Waals surface area contributed by atoms with E-state index in [4.69, 9.17) is 4.74 Å². The molecule has 0 aromatic heterocycles. The summed E-state index contributed by atoms with van der Waals surface area (Å²) in [5.74, 6) is 0.0794. The zero-order chi connectivity index (χ0) is 16.9. The molecule has 1 fully saturated rings. The lowest BCUT2D eigenvalue weighted by molar-refractivity contribution is -0.121. The molecule has 2 aromatic rings. The second-order valence-electron chi connectivity index (χ2n) is 6.52. The Morgan fingerprint density at radius 1 is 1.25 bits per heavy atom. The predicted molar refractivity (Wildman–Crippen MR) is 90.8 cm³/mol. The molecule has 2 aliphatic rings. The van der Waals surface area contributed by atoms with Gasteiger partial charge in [0.1, 0.15) is 5.75 Å². The van der Waals surface area contributed by atoms with Gasteiger partial charge in [-0.25, -0.2) is 0 Å². The Morgan fingerprint density at radius 2 is 2.04 bits per heavy atom. The topological polar surface area (TPSA) is 61.8 Å². The highest BCUT2D eigenvalue weighted by Gasteiger charge is 2.52. The Morgan fingerprint density at radius 3 is 2.83 bits per heavy atom. The van der Waals surface area contributed by atoms with E-state index in [1.54, 1.807) is 18.2 Å². The van der Waals surface area contributed by atoms with E-state index in [2.05, 4.69) is 17.1 Å². The average Bonchev–Trinajstić information content (AvgIpc) is 2.81. The van der Waals surface area contributed by atoms with Gasteiger partial charge in [-0.2, -0.15) is 0 Å². The summed E-state index contributed by atoms with van der Waals surface area (Å²) in [6.07, 6.45) is 0. The summed E-state index contributed by atoms with van der Waals surface area (Å²) in [4.78, 5) is 14.5. The van der Waals surface area contributed by atoms with Crippen LogP contribution >= 0.6 is 0 Å². The maximum Gasteiger partial charge on any atom is 0.238 e. The van der Waals surface area contributed by atoms with Gasteiger partial charge in [-0.1, -0.05) is 24.3 Å². The number of rotatable bonds is 1. The number of fused-ring (bicyclic) bond motifs is 3. The number of hydrogen-bond donors (Lipinski definition) is 2. The minimum absolute atomic E-state index is 0.0743. The molecule has 4 rings (SSSR count). The van der Waals surface area contributed by atoms with E-state index in [1.165, 1.54) is 0 Å². The van der Waals surface area contributed by atoms with Crippen molar-refractivity contribution in [2.24, 2.45) is 0 Å². The summed E-state index contributed by atoms with van der Waals surface area (Å²) in [6, 6.07) is 13.1. The molecule has 2 N–H and O–H groups in total. The number of amides is 1. The van der Waals surface area contributed by atoms with E-state index in [9.17, 15) is 9.90 Å². The average molecular weight is 324 g/mol. The monoisotopic (exact) mass is 324 g/mol. The van der Waals surface area contributed by atoms with Crippen LogP contribution in [0.3, 0.4) is 0 Å². The van der Waals surface area contributed by atoms with Crippen molar-refractivity contribution in [3.05, 3.63) is 59.2 Å². The largest absolute Gasteiger partial charge is 0.508 e. The van der Waals surface area contributed by atoms with Gasteiger partial charge < -0.3 is 15.2 Å². The molecular formula is C19H20N2O3. The number of carbonyl (C=O) groups excluding carboxylic acids is 1. The predicted octanol–water partition coefficient (Wildman–Crippen LogP) is 2.57. The number of nitrogens with one attached hydrogen (secondary N) is 1. The SMILES string of the molecule is Cc1ccccc1C12OCC(C)N1CC(=O)Nc1ccc(O)cc12. The van der Waals surface area contributed by atoms with Crippen molar-refractivity contribution in [1.29, 1.82) is 0 Å². The zero-order valence-corrected chi connectivity index (χ0v) is 13.7. The highest BCUT2D eigenvalue weighted by atomic mass is 16.5. The molecule has 0 spiro atoms. The van der Waals surface area contributed by atoms with E-state index in [0.29, 0.717) is 12.3 Å². The van der Waals surface area contributed by atoms with Crippen molar-refractivity contribution in [1.82, 2.24) is 4.90 Å². The smallest absolute Gasteiger partial charge is 0.238 e. The van der Waals surface area contributed by atoms with Gasteiger partial charge in [-0.3, -0.25) is 9.69 Å². The van der Waals surface area contributed by atoms with Crippen LogP contribution in [-0.4, -0.2) is 35.1 Å². The normalized spacial score (nSPS) is 26.4. The summed E-state index contributed by atoms with van der Waals surface area (Å²) in [5.41, 5.74) is 2.65. The third-order valence-corrected chi connectivity index (χ3v) is 4.94. The minimum atomic E-state index is -0.877. The van der Waals surface area contributed by atoms with Gasteiger partial charge in [-0.15, -0.1) is 0 Å². The van der Waals surface area contributed by atoms with Crippen LogP contribution in [0.25, 0.3) is 0 Å². The first-order valence-corrected chi connectivity index (χ1v) is 8.12. The lowest BCUT2D eigenvalue weighted by atomic mass is 9.88. The van der Waals surface area contributed by atoms with Gasteiger partial charge >= 0.3 is 0 Å². The molecule has 2 aliphatic heterocycles. The number of nitrogens with zero attached hydrogens (tertiary/aromatic N) is 1. The van der Waals surface area contributed by atoms with Crippen LogP contribution in [0.15, 0.2) is 42.5 Å². The van der Waals surface area contributed by atoms with Crippen molar-refractivity contribution in [2.75, 3.05) is 18.5 Å². The molecule has 124 valence electrons. The summed E-state index contributed by atoms with van der Waals surface area (Å²) >= 11 is 0. The molecule has 1 saturated heterocycles. The Hall–Kier alpha value is -2.37. The van der Waals surface area contributed by atoms with Gasteiger partial charge in [-0.05, 0) is 37.6 Å². The number of anilines is 1. The molecule has 0 saturated carbocycles. The third kappa shape index (κ3) is 2.05. The Balaban J connectivity index is 2.06. The lowest BCUT2D eigenvalue weighted by Crippen LogP contribution is -2.47. The fourth-order valence-corrected chi connectivity index (χ4v) is 3.82. The Bertz CT molecular complexity index is 820. The summed E-state index contributed by atoms with van der Waals surface area (Å²) in [5, 5.41) is 13.0. The lowest BCUT2D eigenvalue weighted by Gasteiger charge is -2.38. The molecule has 5 heteroatoms. The molecule has 2 unspecified atom stereocenters. The first kappa shape index (κ1) is 15.2. The molecule has 2 aromatic carbocycles. The summed E-state index contributed by atoms with van der Waals surface area (Å²) < 4.78 is 6.36. The number of aryl methyl sites for hydroxylation is 1. The molecule has 5 nitrogen and oxygen atoms in total. The maximum atomic E-state index is 12.4. The number of aromatic hydroxyl groups is 1. The summed E-state index contributed by atoms with van der Waals surface area (Å²) in [6.45, 7) is 4.86. The molecule has 2 heterocycles. The fourth-order valence-electron chi connectivity index (χ4n) is 3.82. The molecular weight excluding hydrogens is 304 g/mol. The Kier molecular flexibility index (Phi) is 3.37. The number of hydrogen-bond acceptors (Lipinski definition) is 4. The number of ether oxygens (including phenoxy) is 1. The van der Waals surface area contributed by atoms with Crippen LogP contribution in [-0.2, 0) is 15.3 Å². The number of phenols is 1. The van der Waals surface area contributed by atoms with Gasteiger partial charge in [0.15, 0.2) is 5.72 Å². The second-order valence-corrected chi connectivity index (χ2v) is 6.52. The quantitative estimate of drug-likeness (QED) is 0.792. The van der Waals surface area contributed by atoms with Gasteiger partial charge in [0.25, 0.3) is 0 Å². The van der Waals surface area contributed by atoms with Crippen molar-refractivity contribution in [2.45, 2.75) is 25.6 Å².